The standard InChI is InChI=1S/C9H10N2O4/c1-6(7(2)12)10-5-8(11(14)15)3-4-9(10)13/h3-6H,1-2H3. The number of carbonyl (C=O) groups excluding carboxylic acids is 1. The van der Waals surface area contributed by atoms with E-state index in [2.05, 4.69) is 0 Å². The number of ketones is 1. The third-order valence-corrected chi connectivity index (χ3v) is 2.14. The first-order chi connectivity index (χ1) is 6.93. The van der Waals surface area contributed by atoms with E-state index in [0.29, 0.717) is 0 Å². The number of Topliss-reactive ketones (excluding diaryl/α,β-unsaturated/α-hetero) is 1. The van der Waals surface area contributed by atoms with Crippen molar-refractivity contribution in [1.82, 2.24) is 4.57 Å². The average molecular weight is 210 g/mol. The van der Waals surface area contributed by atoms with Gasteiger partial charge in [0.15, 0.2) is 5.78 Å². The predicted molar refractivity (Wildman–Crippen MR) is 52.7 cm³/mol. The number of rotatable bonds is 3. The van der Waals surface area contributed by atoms with Gasteiger partial charge in [-0.3, -0.25) is 24.3 Å². The van der Waals surface area contributed by atoms with Crippen molar-refractivity contribution >= 4 is 11.5 Å². The highest BCUT2D eigenvalue weighted by Gasteiger charge is 2.14. The number of hydrogen-bond donors (Lipinski definition) is 0. The summed E-state index contributed by atoms with van der Waals surface area (Å²) in [6.45, 7) is 2.85. The Morgan fingerprint density at radius 1 is 1.53 bits per heavy atom. The Balaban J connectivity index is 3.28. The molecule has 1 aromatic rings. The molecule has 0 saturated heterocycles. The molecule has 0 amide bonds. The molecule has 0 fully saturated rings. The Morgan fingerprint density at radius 2 is 2.13 bits per heavy atom. The first kappa shape index (κ1) is 11.1. The molecule has 0 aliphatic carbocycles. The Bertz CT molecular complexity index is 463. The fraction of sp³-hybridized carbons (Fsp3) is 0.333. The lowest BCUT2D eigenvalue weighted by Gasteiger charge is -2.10. The first-order valence-electron chi connectivity index (χ1n) is 4.30. The van der Waals surface area contributed by atoms with Gasteiger partial charge in [0.2, 0.25) is 0 Å². The molecule has 1 atom stereocenters. The fourth-order valence-electron chi connectivity index (χ4n) is 1.10. The predicted octanol–water partition coefficient (Wildman–Crippen LogP) is 0.906. The topological polar surface area (TPSA) is 82.2 Å². The highest BCUT2D eigenvalue weighted by Crippen LogP contribution is 2.10. The molecule has 0 N–H and O–H groups in total. The maximum Gasteiger partial charge on any atom is 0.285 e. The van der Waals surface area contributed by atoms with E-state index in [1.54, 1.807) is 0 Å². The molecule has 0 bridgehead atoms. The van der Waals surface area contributed by atoms with Crippen LogP contribution in [0.15, 0.2) is 23.1 Å². The van der Waals surface area contributed by atoms with Crippen molar-refractivity contribution in [3.8, 4) is 0 Å². The largest absolute Gasteiger partial charge is 0.298 e. The molecule has 0 aliphatic rings. The van der Waals surface area contributed by atoms with Crippen molar-refractivity contribution in [2.45, 2.75) is 19.9 Å². The Labute approximate surface area is 85.3 Å². The van der Waals surface area contributed by atoms with E-state index in [4.69, 9.17) is 0 Å². The number of pyridine rings is 1. The van der Waals surface area contributed by atoms with E-state index in [1.807, 2.05) is 0 Å². The van der Waals surface area contributed by atoms with E-state index < -0.39 is 16.5 Å². The van der Waals surface area contributed by atoms with Crippen molar-refractivity contribution in [2.75, 3.05) is 0 Å². The summed E-state index contributed by atoms with van der Waals surface area (Å²) in [4.78, 5) is 32.2. The zero-order chi connectivity index (χ0) is 11.6. The van der Waals surface area contributed by atoms with Gasteiger partial charge in [-0.1, -0.05) is 0 Å². The van der Waals surface area contributed by atoms with E-state index >= 15 is 0 Å². The molecule has 1 heterocycles. The molecular weight excluding hydrogens is 200 g/mol. The van der Waals surface area contributed by atoms with Crippen molar-refractivity contribution in [3.63, 3.8) is 0 Å². The van der Waals surface area contributed by atoms with Gasteiger partial charge in [-0.2, -0.15) is 0 Å². The molecule has 0 spiro atoms. The molecular formula is C9H10N2O4. The van der Waals surface area contributed by atoms with Crippen LogP contribution in [-0.2, 0) is 4.79 Å². The zero-order valence-electron chi connectivity index (χ0n) is 8.34. The number of carbonyl (C=O) groups is 1. The summed E-state index contributed by atoms with van der Waals surface area (Å²) in [7, 11) is 0. The molecule has 0 aromatic carbocycles. The number of nitro groups is 1. The van der Waals surface area contributed by atoms with Crippen LogP contribution in [0.4, 0.5) is 5.69 Å². The van der Waals surface area contributed by atoms with Crippen molar-refractivity contribution in [3.05, 3.63) is 38.8 Å². The van der Waals surface area contributed by atoms with Crippen LogP contribution in [0.1, 0.15) is 19.9 Å². The summed E-state index contributed by atoms with van der Waals surface area (Å²) in [5.41, 5.74) is -0.633. The molecule has 1 aromatic heterocycles. The lowest BCUT2D eigenvalue weighted by atomic mass is 10.2. The van der Waals surface area contributed by atoms with E-state index in [9.17, 15) is 19.7 Å². The first-order valence-corrected chi connectivity index (χ1v) is 4.30. The van der Waals surface area contributed by atoms with E-state index in [0.717, 1.165) is 22.9 Å². The molecule has 1 rings (SSSR count). The molecule has 0 aliphatic heterocycles. The lowest BCUT2D eigenvalue weighted by Crippen LogP contribution is -2.26. The van der Waals surface area contributed by atoms with Gasteiger partial charge in [-0.25, -0.2) is 0 Å². The summed E-state index contributed by atoms with van der Waals surface area (Å²) in [6.07, 6.45) is 1.08. The van der Waals surface area contributed by atoms with Crippen molar-refractivity contribution in [1.29, 1.82) is 0 Å². The van der Waals surface area contributed by atoms with Crippen molar-refractivity contribution in [2.24, 2.45) is 0 Å². The van der Waals surface area contributed by atoms with Gasteiger partial charge in [-0.05, 0) is 13.8 Å². The third kappa shape index (κ3) is 2.28. The summed E-state index contributed by atoms with van der Waals surface area (Å²) < 4.78 is 1.06. The molecule has 0 radical (unpaired) electrons. The van der Waals surface area contributed by atoms with Crippen LogP contribution >= 0.6 is 0 Å². The lowest BCUT2D eigenvalue weighted by molar-refractivity contribution is -0.385. The summed E-state index contributed by atoms with van der Waals surface area (Å²) >= 11 is 0. The summed E-state index contributed by atoms with van der Waals surface area (Å²) in [5, 5.41) is 10.5. The normalized spacial score (nSPS) is 12.1. The van der Waals surface area contributed by atoms with Gasteiger partial charge in [0.05, 0.1) is 17.2 Å². The van der Waals surface area contributed by atoms with Crippen LogP contribution < -0.4 is 5.56 Å². The van der Waals surface area contributed by atoms with Gasteiger partial charge >= 0.3 is 0 Å². The fourth-order valence-corrected chi connectivity index (χ4v) is 1.10. The molecule has 6 heteroatoms. The number of aromatic nitrogens is 1. The van der Waals surface area contributed by atoms with Crippen molar-refractivity contribution < 1.29 is 9.72 Å². The van der Waals surface area contributed by atoms with Gasteiger partial charge in [-0.15, -0.1) is 0 Å². The van der Waals surface area contributed by atoms with Crippen LogP contribution in [0.25, 0.3) is 0 Å². The second-order valence-corrected chi connectivity index (χ2v) is 3.18. The maximum absolute atomic E-state index is 11.3. The molecule has 15 heavy (non-hydrogen) atoms. The Kier molecular flexibility index (Phi) is 2.99. The molecule has 0 saturated carbocycles. The maximum atomic E-state index is 11.3. The SMILES string of the molecule is CC(=O)C(C)n1cc([N+](=O)[O-])ccc1=O. The van der Waals surface area contributed by atoms with Crippen LogP contribution in [-0.4, -0.2) is 15.3 Å². The Morgan fingerprint density at radius 3 is 2.60 bits per heavy atom. The average Bonchev–Trinajstić information content (AvgIpc) is 2.16. The minimum Gasteiger partial charge on any atom is -0.298 e. The van der Waals surface area contributed by atoms with Crippen LogP contribution in [0.2, 0.25) is 0 Å². The van der Waals surface area contributed by atoms with Crippen LogP contribution in [0.5, 0.6) is 0 Å². The minimum absolute atomic E-state index is 0.206. The number of hydrogen-bond acceptors (Lipinski definition) is 4. The highest BCUT2D eigenvalue weighted by molar-refractivity contribution is 5.79. The van der Waals surface area contributed by atoms with Gasteiger partial charge in [0.1, 0.15) is 0 Å². The Hall–Kier alpha value is -1.98. The molecule has 1 unspecified atom stereocenters. The zero-order valence-corrected chi connectivity index (χ0v) is 8.34. The quantitative estimate of drug-likeness (QED) is 0.548. The summed E-state index contributed by atoms with van der Waals surface area (Å²) in [5.74, 6) is -0.224. The van der Waals surface area contributed by atoms with Gasteiger partial charge in [0, 0.05) is 12.1 Å². The van der Waals surface area contributed by atoms with Gasteiger partial charge in [0.25, 0.3) is 11.2 Å². The van der Waals surface area contributed by atoms with E-state index in [-0.39, 0.29) is 11.5 Å². The van der Waals surface area contributed by atoms with E-state index in [1.165, 1.54) is 13.8 Å². The van der Waals surface area contributed by atoms with Crippen LogP contribution in [0, 0.1) is 10.1 Å². The second kappa shape index (κ2) is 4.04. The third-order valence-electron chi connectivity index (χ3n) is 2.14. The second-order valence-electron chi connectivity index (χ2n) is 3.18. The van der Waals surface area contributed by atoms with Crippen LogP contribution in [0.3, 0.4) is 0 Å². The molecule has 6 nitrogen and oxygen atoms in total. The smallest absolute Gasteiger partial charge is 0.285 e. The molecule has 80 valence electrons. The van der Waals surface area contributed by atoms with Gasteiger partial charge < -0.3 is 0 Å². The minimum atomic E-state index is -0.683. The monoisotopic (exact) mass is 210 g/mol. The highest BCUT2D eigenvalue weighted by atomic mass is 16.6. The number of nitrogens with zero attached hydrogens (tertiary/aromatic N) is 2. The summed E-state index contributed by atoms with van der Waals surface area (Å²) in [6, 6.07) is 1.51.